The lowest BCUT2D eigenvalue weighted by Crippen LogP contribution is -2.25. The summed E-state index contributed by atoms with van der Waals surface area (Å²) in [6.45, 7) is 7.17. The molecule has 0 bridgehead atoms. The van der Waals surface area contributed by atoms with E-state index in [1.165, 1.54) is 92.5 Å². The highest BCUT2D eigenvalue weighted by Crippen LogP contribution is 2.54. The molecule has 312 valence electrons. The summed E-state index contributed by atoms with van der Waals surface area (Å²) in [5, 5.41) is 15.2. The molecular formula is C64H46N2. The molecule has 0 amide bonds. The summed E-state index contributed by atoms with van der Waals surface area (Å²) < 4.78 is 0. The molecule has 66 heavy (non-hydrogen) atoms. The summed E-state index contributed by atoms with van der Waals surface area (Å²) in [4.78, 5) is 4.85. The number of hydrogen-bond acceptors (Lipinski definition) is 2. The molecule has 0 N–H and O–H groups in total. The van der Waals surface area contributed by atoms with Crippen LogP contribution in [-0.2, 0) is 5.41 Å². The van der Waals surface area contributed by atoms with Crippen molar-refractivity contribution >= 4 is 98.8 Å². The molecule has 13 rings (SSSR count). The molecule has 12 aromatic rings. The fourth-order valence-corrected chi connectivity index (χ4v) is 11.3. The zero-order valence-corrected chi connectivity index (χ0v) is 37.3. The topological polar surface area (TPSA) is 6.48 Å². The molecule has 0 fully saturated rings. The maximum Gasteiger partial charge on any atom is 0.0468 e. The molecule has 0 saturated heterocycles. The van der Waals surface area contributed by atoms with Gasteiger partial charge in [0.25, 0.3) is 0 Å². The Hall–Kier alpha value is -8.20. The van der Waals surface area contributed by atoms with Crippen LogP contribution in [0.15, 0.2) is 224 Å². The quantitative estimate of drug-likeness (QED) is 0.154. The third-order valence-corrected chi connectivity index (χ3v) is 14.5. The third kappa shape index (κ3) is 5.81. The van der Waals surface area contributed by atoms with Crippen LogP contribution < -0.4 is 9.80 Å². The highest BCUT2D eigenvalue weighted by molar-refractivity contribution is 6.20. The molecule has 0 spiro atoms. The predicted octanol–water partition coefficient (Wildman–Crippen LogP) is 18.2. The van der Waals surface area contributed by atoms with Crippen LogP contribution in [-0.4, -0.2) is 0 Å². The van der Waals surface area contributed by atoms with E-state index in [0.29, 0.717) is 0 Å². The van der Waals surface area contributed by atoms with Gasteiger partial charge in [0.1, 0.15) is 0 Å². The van der Waals surface area contributed by atoms with Gasteiger partial charge in [0.2, 0.25) is 0 Å². The monoisotopic (exact) mass is 842 g/mol. The summed E-state index contributed by atoms with van der Waals surface area (Å²) in [6.07, 6.45) is 0. The number of benzene rings is 12. The Balaban J connectivity index is 0.990. The van der Waals surface area contributed by atoms with Gasteiger partial charge in [-0.1, -0.05) is 166 Å². The molecule has 12 aromatic carbocycles. The average Bonchev–Trinajstić information content (AvgIpc) is 3.37. The number of hydrogen-bond donors (Lipinski definition) is 0. The fourth-order valence-electron chi connectivity index (χ4n) is 11.3. The van der Waals surface area contributed by atoms with Gasteiger partial charge in [0.15, 0.2) is 0 Å². The van der Waals surface area contributed by atoms with E-state index in [9.17, 15) is 0 Å². The fraction of sp³-hybridized carbons (Fsp3) is 0.0625. The first-order valence-corrected chi connectivity index (χ1v) is 23.1. The molecule has 0 saturated carbocycles. The first-order valence-electron chi connectivity index (χ1n) is 23.1. The minimum atomic E-state index is -0.276. The van der Waals surface area contributed by atoms with Gasteiger partial charge in [-0.25, -0.2) is 0 Å². The molecule has 0 unspecified atom stereocenters. The maximum atomic E-state index is 2.47. The number of nitrogens with zero attached hydrogens (tertiary/aromatic N) is 2. The molecule has 1 aliphatic carbocycles. The van der Waals surface area contributed by atoms with E-state index in [-0.39, 0.29) is 5.41 Å². The Morgan fingerprint density at radius 2 is 0.742 bits per heavy atom. The number of para-hydroxylation sites is 2. The van der Waals surface area contributed by atoms with Crippen molar-refractivity contribution in [3.63, 3.8) is 0 Å². The zero-order valence-electron chi connectivity index (χ0n) is 37.3. The lowest BCUT2D eigenvalue weighted by molar-refractivity contribution is 0.645. The van der Waals surface area contributed by atoms with Crippen LogP contribution in [0.2, 0.25) is 0 Å². The molecule has 2 nitrogen and oxygen atoms in total. The van der Waals surface area contributed by atoms with Crippen molar-refractivity contribution < 1.29 is 0 Å². The van der Waals surface area contributed by atoms with Gasteiger partial charge in [-0.15, -0.1) is 0 Å². The molecule has 0 atom stereocenters. The molecule has 2 heteroatoms. The Labute approximate surface area is 385 Å². The zero-order chi connectivity index (χ0) is 44.1. The summed E-state index contributed by atoms with van der Waals surface area (Å²) in [5.74, 6) is 0. The van der Waals surface area contributed by atoms with Crippen molar-refractivity contribution in [2.75, 3.05) is 9.80 Å². The summed E-state index contributed by atoms with van der Waals surface area (Å²) in [5.41, 5.74) is 13.2. The molecule has 1 aliphatic rings. The van der Waals surface area contributed by atoms with Crippen LogP contribution in [0.4, 0.5) is 34.1 Å². The third-order valence-electron chi connectivity index (χ3n) is 14.5. The van der Waals surface area contributed by atoms with Gasteiger partial charge >= 0.3 is 0 Å². The number of fused-ring (bicyclic) bond motifs is 10. The van der Waals surface area contributed by atoms with Gasteiger partial charge in [0.05, 0.1) is 0 Å². The Morgan fingerprint density at radius 1 is 0.303 bits per heavy atom. The number of rotatable bonds is 6. The van der Waals surface area contributed by atoms with Gasteiger partial charge in [0, 0.05) is 39.5 Å². The van der Waals surface area contributed by atoms with E-state index in [0.717, 1.165) is 34.1 Å². The van der Waals surface area contributed by atoms with E-state index in [1.54, 1.807) is 0 Å². The second-order valence-electron chi connectivity index (χ2n) is 18.5. The van der Waals surface area contributed by atoms with Crippen LogP contribution in [0.5, 0.6) is 0 Å². The molecule has 0 heterocycles. The first kappa shape index (κ1) is 38.3. The van der Waals surface area contributed by atoms with Crippen LogP contribution in [0.25, 0.3) is 75.8 Å². The Morgan fingerprint density at radius 3 is 1.32 bits per heavy atom. The van der Waals surface area contributed by atoms with Gasteiger partial charge in [-0.05, 0) is 172 Å². The molecule has 0 aliphatic heterocycles. The Bertz CT molecular complexity index is 3920. The average molecular weight is 843 g/mol. The SMILES string of the molecule is Cc1c2c3c(cccc3c3cc(N(c4ccccc4)c4ccc5ccc6ccccc6c5c4)ccc13)C(C)(C)c1cc(N(c3ccccc3)c3ccc4ccc5ccccc5c4c3)ccc1-2. The minimum Gasteiger partial charge on any atom is -0.310 e. The van der Waals surface area contributed by atoms with Crippen LogP contribution in [0, 0.1) is 6.92 Å². The van der Waals surface area contributed by atoms with Crippen molar-refractivity contribution in [2.24, 2.45) is 0 Å². The summed E-state index contributed by atoms with van der Waals surface area (Å²) >= 11 is 0. The lowest BCUT2D eigenvalue weighted by atomic mass is 9.67. The van der Waals surface area contributed by atoms with E-state index in [2.05, 4.69) is 255 Å². The second kappa shape index (κ2) is 14.7. The Kier molecular flexibility index (Phi) is 8.51. The van der Waals surface area contributed by atoms with Crippen molar-refractivity contribution in [3.8, 4) is 11.1 Å². The highest BCUT2D eigenvalue weighted by atomic mass is 15.1. The van der Waals surface area contributed by atoms with Crippen LogP contribution in [0.1, 0.15) is 30.5 Å². The largest absolute Gasteiger partial charge is 0.310 e. The molecule has 0 aromatic heterocycles. The highest BCUT2D eigenvalue weighted by Gasteiger charge is 2.36. The van der Waals surface area contributed by atoms with E-state index in [1.807, 2.05) is 0 Å². The summed E-state index contributed by atoms with van der Waals surface area (Å²) in [7, 11) is 0. The van der Waals surface area contributed by atoms with E-state index >= 15 is 0 Å². The van der Waals surface area contributed by atoms with Crippen molar-refractivity contribution in [3.05, 3.63) is 241 Å². The number of aryl methyl sites for hydroxylation is 1. The van der Waals surface area contributed by atoms with Gasteiger partial charge in [-0.2, -0.15) is 0 Å². The first-order chi connectivity index (χ1) is 32.4. The minimum absolute atomic E-state index is 0.276. The van der Waals surface area contributed by atoms with Crippen LogP contribution in [0.3, 0.4) is 0 Å². The van der Waals surface area contributed by atoms with E-state index < -0.39 is 0 Å². The second-order valence-corrected chi connectivity index (χ2v) is 18.5. The van der Waals surface area contributed by atoms with E-state index in [4.69, 9.17) is 0 Å². The van der Waals surface area contributed by atoms with Gasteiger partial charge in [-0.3, -0.25) is 0 Å². The summed E-state index contributed by atoms with van der Waals surface area (Å²) in [6, 6.07) is 83.1. The number of anilines is 6. The molecule has 0 radical (unpaired) electrons. The standard InChI is InChI=1S/C64H46N2/c1-41-52-35-33-50(65(46-17-6-4-7-18-46)48-31-29-44-27-25-42-15-10-12-21-53(42)57(44)37-48)39-59(52)55-23-14-24-60-63(55)62(41)56-36-34-51(40-61(56)64(60,2)3)66(47-19-8-5-9-20-47)49-32-30-45-28-26-43-16-11-13-22-54(43)58(45)38-49/h4-40H,1-3H3. The van der Waals surface area contributed by atoms with Crippen LogP contribution >= 0.6 is 0 Å². The van der Waals surface area contributed by atoms with Crippen molar-refractivity contribution in [1.82, 2.24) is 0 Å². The normalized spacial score (nSPS) is 12.9. The lowest BCUT2D eigenvalue weighted by Gasteiger charge is -2.37. The van der Waals surface area contributed by atoms with Crippen molar-refractivity contribution in [1.29, 1.82) is 0 Å². The van der Waals surface area contributed by atoms with Crippen molar-refractivity contribution in [2.45, 2.75) is 26.2 Å². The smallest absolute Gasteiger partial charge is 0.0468 e. The van der Waals surface area contributed by atoms with Gasteiger partial charge < -0.3 is 9.80 Å². The predicted molar refractivity (Wildman–Crippen MR) is 283 cm³/mol. The maximum absolute atomic E-state index is 2.47. The molecular weight excluding hydrogens is 797 g/mol.